The van der Waals surface area contributed by atoms with Crippen LogP contribution in [-0.4, -0.2) is 83.6 Å². The molecule has 3 amide bonds. The minimum atomic E-state index is -4.48. The average Bonchev–Trinajstić information content (AvgIpc) is 2.87. The zero-order valence-corrected chi connectivity index (χ0v) is 22.0. The van der Waals surface area contributed by atoms with Crippen molar-refractivity contribution in [1.82, 2.24) is 30.4 Å². The highest BCUT2D eigenvalue weighted by atomic mass is 19.4. The number of alkyl halides is 3. The molecule has 1 aliphatic heterocycles. The third-order valence-electron chi connectivity index (χ3n) is 7.64. The molecule has 0 unspecified atom stereocenters. The van der Waals surface area contributed by atoms with Crippen molar-refractivity contribution in [1.29, 1.82) is 0 Å². The van der Waals surface area contributed by atoms with Gasteiger partial charge in [0.25, 0.3) is 0 Å². The first-order valence-electron chi connectivity index (χ1n) is 13.1. The predicted molar refractivity (Wildman–Crippen MR) is 139 cm³/mol. The summed E-state index contributed by atoms with van der Waals surface area (Å²) in [6, 6.07) is 3.93. The summed E-state index contributed by atoms with van der Waals surface area (Å²) in [4.78, 5) is 36.6. The lowest BCUT2D eigenvalue weighted by Gasteiger charge is -2.47. The number of aromatic nitrogens is 2. The Bertz CT molecular complexity index is 1130. The van der Waals surface area contributed by atoms with Gasteiger partial charge in [-0.15, -0.1) is 0 Å². The van der Waals surface area contributed by atoms with Gasteiger partial charge < -0.3 is 20.9 Å². The largest absolute Gasteiger partial charge is 0.416 e. The SMILES string of the molecule is CC[C@H](NC(=O)N(C)C)C1CCC(N2CC(NC(=O)CNc3ncnc4ccc(C(F)(F)F)cc34)C2)CC1. The molecule has 2 heterocycles. The molecule has 12 heteroatoms. The predicted octanol–water partition coefficient (Wildman–Crippen LogP) is 3.47. The van der Waals surface area contributed by atoms with Crippen LogP contribution in [-0.2, 0) is 11.0 Å². The van der Waals surface area contributed by atoms with Crippen molar-refractivity contribution in [2.24, 2.45) is 5.92 Å². The summed E-state index contributed by atoms with van der Waals surface area (Å²) in [5, 5.41) is 9.20. The molecule has 38 heavy (non-hydrogen) atoms. The van der Waals surface area contributed by atoms with Crippen LogP contribution in [0.1, 0.15) is 44.6 Å². The van der Waals surface area contributed by atoms with Gasteiger partial charge in [0, 0.05) is 44.7 Å². The Kier molecular flexibility index (Phi) is 8.59. The average molecular weight is 536 g/mol. The van der Waals surface area contributed by atoms with E-state index in [1.165, 1.54) is 12.4 Å². The molecule has 0 bridgehead atoms. The van der Waals surface area contributed by atoms with Gasteiger partial charge in [-0.25, -0.2) is 14.8 Å². The molecule has 208 valence electrons. The van der Waals surface area contributed by atoms with Crippen LogP contribution in [0.25, 0.3) is 10.9 Å². The van der Waals surface area contributed by atoms with Crippen molar-refractivity contribution in [3.63, 3.8) is 0 Å². The number of benzene rings is 1. The van der Waals surface area contributed by atoms with Crippen LogP contribution in [0.15, 0.2) is 24.5 Å². The van der Waals surface area contributed by atoms with Gasteiger partial charge >= 0.3 is 12.2 Å². The number of hydrogen-bond donors (Lipinski definition) is 3. The van der Waals surface area contributed by atoms with E-state index in [0.29, 0.717) is 17.5 Å². The van der Waals surface area contributed by atoms with Crippen LogP contribution >= 0.6 is 0 Å². The van der Waals surface area contributed by atoms with Gasteiger partial charge in [-0.3, -0.25) is 9.69 Å². The number of amides is 3. The van der Waals surface area contributed by atoms with E-state index in [1.807, 2.05) is 0 Å². The summed E-state index contributed by atoms with van der Waals surface area (Å²) in [5.41, 5.74) is -0.426. The molecule has 1 aliphatic carbocycles. The lowest BCUT2D eigenvalue weighted by molar-refractivity contribution is -0.137. The van der Waals surface area contributed by atoms with Gasteiger partial charge in [0.15, 0.2) is 0 Å². The Morgan fingerprint density at radius 3 is 2.47 bits per heavy atom. The molecule has 9 nitrogen and oxygen atoms in total. The van der Waals surface area contributed by atoms with Crippen molar-refractivity contribution in [2.75, 3.05) is 39.0 Å². The standard InChI is InChI=1S/C26H36F3N7O2/c1-4-21(34-25(38)35(2)3)16-5-8-19(9-6-16)36-13-18(14-36)33-23(37)12-30-24-20-11-17(26(27,28)29)7-10-22(20)31-15-32-24/h7,10-11,15-16,18-19,21H,4-6,8-9,12-14H2,1-3H3,(H,33,37)(H,34,38)(H,30,31,32)/t16?,19?,21-/m0/s1. The van der Waals surface area contributed by atoms with Crippen LogP contribution in [0.5, 0.6) is 0 Å². The van der Waals surface area contributed by atoms with Crippen molar-refractivity contribution in [3.8, 4) is 0 Å². The van der Waals surface area contributed by atoms with E-state index < -0.39 is 11.7 Å². The summed E-state index contributed by atoms with van der Waals surface area (Å²) in [6.07, 6.45) is 1.97. The fourth-order valence-corrected chi connectivity index (χ4v) is 5.43. The quantitative estimate of drug-likeness (QED) is 0.479. The number of anilines is 1. The Morgan fingerprint density at radius 2 is 1.84 bits per heavy atom. The second-order valence-corrected chi connectivity index (χ2v) is 10.5. The summed E-state index contributed by atoms with van der Waals surface area (Å²) >= 11 is 0. The molecule has 1 aromatic heterocycles. The van der Waals surface area contributed by atoms with E-state index in [0.717, 1.165) is 57.3 Å². The number of rotatable bonds is 8. The van der Waals surface area contributed by atoms with E-state index in [2.05, 4.69) is 37.7 Å². The number of likely N-dealkylation sites (tertiary alicyclic amines) is 1. The molecule has 1 aromatic carbocycles. The lowest BCUT2D eigenvalue weighted by atomic mass is 9.79. The highest BCUT2D eigenvalue weighted by Gasteiger charge is 2.37. The van der Waals surface area contributed by atoms with Gasteiger partial charge in [-0.05, 0) is 56.2 Å². The number of nitrogens with zero attached hydrogens (tertiary/aromatic N) is 4. The van der Waals surface area contributed by atoms with E-state index in [9.17, 15) is 22.8 Å². The first-order valence-corrected chi connectivity index (χ1v) is 13.1. The minimum absolute atomic E-state index is 0.0452. The van der Waals surface area contributed by atoms with Gasteiger partial charge in [0.2, 0.25) is 5.91 Å². The van der Waals surface area contributed by atoms with Gasteiger partial charge in [0.1, 0.15) is 12.1 Å². The Morgan fingerprint density at radius 1 is 1.13 bits per heavy atom. The summed E-state index contributed by atoms with van der Waals surface area (Å²) in [5.74, 6) is 0.433. The molecule has 2 fully saturated rings. The number of halogens is 3. The van der Waals surface area contributed by atoms with Gasteiger partial charge in [0.05, 0.1) is 23.7 Å². The third kappa shape index (κ3) is 6.64. The minimum Gasteiger partial charge on any atom is -0.360 e. The number of nitrogens with one attached hydrogen (secondary N) is 3. The number of urea groups is 1. The molecular formula is C26H36F3N7O2. The fourth-order valence-electron chi connectivity index (χ4n) is 5.43. The fraction of sp³-hybridized carbons (Fsp3) is 0.615. The van der Waals surface area contributed by atoms with Crippen LogP contribution in [0.4, 0.5) is 23.8 Å². The molecule has 0 radical (unpaired) electrons. The van der Waals surface area contributed by atoms with Crippen molar-refractivity contribution in [3.05, 3.63) is 30.1 Å². The number of fused-ring (bicyclic) bond motifs is 1. The first kappa shape index (κ1) is 27.9. The summed E-state index contributed by atoms with van der Waals surface area (Å²) < 4.78 is 39.3. The Hall–Kier alpha value is -3.15. The Balaban J connectivity index is 1.21. The van der Waals surface area contributed by atoms with Crippen LogP contribution in [0, 0.1) is 5.92 Å². The third-order valence-corrected chi connectivity index (χ3v) is 7.64. The molecule has 3 N–H and O–H groups in total. The highest BCUT2D eigenvalue weighted by Crippen LogP contribution is 2.34. The lowest BCUT2D eigenvalue weighted by Crippen LogP contribution is -2.63. The van der Waals surface area contributed by atoms with Crippen LogP contribution in [0.2, 0.25) is 0 Å². The molecule has 4 rings (SSSR count). The second-order valence-electron chi connectivity index (χ2n) is 10.5. The van der Waals surface area contributed by atoms with Gasteiger partial charge in [-0.2, -0.15) is 13.2 Å². The Labute approximate surface area is 220 Å². The number of carbonyl (C=O) groups excluding carboxylic acids is 2. The molecular weight excluding hydrogens is 499 g/mol. The van der Waals surface area contributed by atoms with Gasteiger partial charge in [-0.1, -0.05) is 6.92 Å². The monoisotopic (exact) mass is 535 g/mol. The first-order chi connectivity index (χ1) is 18.0. The highest BCUT2D eigenvalue weighted by molar-refractivity contribution is 5.91. The maximum atomic E-state index is 13.1. The smallest absolute Gasteiger partial charge is 0.360 e. The van der Waals surface area contributed by atoms with Crippen molar-refractivity contribution >= 4 is 28.7 Å². The molecule has 2 aliphatic rings. The van der Waals surface area contributed by atoms with E-state index in [4.69, 9.17) is 0 Å². The van der Waals surface area contributed by atoms with E-state index in [1.54, 1.807) is 19.0 Å². The van der Waals surface area contributed by atoms with E-state index in [-0.39, 0.29) is 41.8 Å². The zero-order chi connectivity index (χ0) is 27.4. The zero-order valence-electron chi connectivity index (χ0n) is 22.0. The van der Waals surface area contributed by atoms with Crippen molar-refractivity contribution < 1.29 is 22.8 Å². The molecule has 1 saturated heterocycles. The number of carbonyl (C=O) groups is 2. The maximum absolute atomic E-state index is 13.1. The summed E-state index contributed by atoms with van der Waals surface area (Å²) in [6.45, 7) is 3.57. The number of hydrogen-bond acceptors (Lipinski definition) is 6. The summed E-state index contributed by atoms with van der Waals surface area (Å²) in [7, 11) is 3.50. The molecule has 0 spiro atoms. The second kappa shape index (κ2) is 11.7. The van der Waals surface area contributed by atoms with Crippen molar-refractivity contribution in [2.45, 2.75) is 63.3 Å². The topological polar surface area (TPSA) is 102 Å². The molecule has 1 atom stereocenters. The van der Waals surface area contributed by atoms with Crippen LogP contribution < -0.4 is 16.0 Å². The molecule has 1 saturated carbocycles. The maximum Gasteiger partial charge on any atom is 0.416 e. The molecule has 2 aromatic rings. The normalized spacial score (nSPS) is 21.4. The van der Waals surface area contributed by atoms with Crippen LogP contribution in [0.3, 0.4) is 0 Å². The van der Waals surface area contributed by atoms with E-state index >= 15 is 0 Å².